The zero-order chi connectivity index (χ0) is 12.9. The first-order chi connectivity index (χ1) is 6.27. The Morgan fingerprint density at radius 3 is 1.06 bits per heavy atom. The molecule has 102 valence electrons. The Balaban J connectivity index is -0.000000214. The maximum Gasteiger partial charge on any atom is 0.0829 e. The van der Waals surface area contributed by atoms with Gasteiger partial charge < -0.3 is 14.9 Å². The lowest BCUT2D eigenvalue weighted by Crippen LogP contribution is -3.00. The van der Waals surface area contributed by atoms with E-state index in [-0.39, 0.29) is 4.70 Å². The van der Waals surface area contributed by atoms with Gasteiger partial charge in [0, 0.05) is 5.41 Å². The van der Waals surface area contributed by atoms with Crippen LogP contribution in [0.5, 0.6) is 0 Å². The zero-order valence-electron chi connectivity index (χ0n) is 12.8. The smallest absolute Gasteiger partial charge is 0.0829 e. The summed E-state index contributed by atoms with van der Waals surface area (Å²) in [5.41, 5.74) is 6.08. The molecule has 0 amide bonds. The highest BCUT2D eigenvalue weighted by atomic mass is 19.0. The average Bonchev–Trinajstić information content (AvgIpc) is 1.78. The van der Waals surface area contributed by atoms with Crippen LogP contribution in [0, 0.1) is 10.8 Å². The van der Waals surface area contributed by atoms with E-state index in [0.29, 0.717) is 10.8 Å². The second-order valence-electron chi connectivity index (χ2n) is 7.77. The Labute approximate surface area is 102 Å². The van der Waals surface area contributed by atoms with E-state index in [4.69, 9.17) is 5.73 Å². The molecular weight excluding hydrogens is 203 g/mol. The van der Waals surface area contributed by atoms with E-state index in [1.165, 1.54) is 6.54 Å². The van der Waals surface area contributed by atoms with Crippen LogP contribution in [0.25, 0.3) is 0 Å². The van der Waals surface area contributed by atoms with Gasteiger partial charge in [-0.25, -0.2) is 0 Å². The largest absolute Gasteiger partial charge is 1.00 e. The van der Waals surface area contributed by atoms with Crippen molar-refractivity contribution in [1.29, 1.82) is 0 Å². The van der Waals surface area contributed by atoms with Crippen LogP contribution in [0.2, 0.25) is 0 Å². The molecule has 0 heterocycles. The number of halogens is 1. The molecule has 2 N–H and O–H groups in total. The Hall–Kier alpha value is -0.150. The van der Waals surface area contributed by atoms with Crippen molar-refractivity contribution in [2.75, 3.05) is 34.2 Å². The van der Waals surface area contributed by atoms with E-state index in [9.17, 15) is 0 Å². The first kappa shape index (κ1) is 21.2. The fourth-order valence-electron chi connectivity index (χ4n) is 1.42. The van der Waals surface area contributed by atoms with Crippen LogP contribution in [0.15, 0.2) is 0 Å². The molecule has 0 unspecified atom stereocenters. The number of nitrogens with two attached hydrogens (primary N) is 1. The van der Waals surface area contributed by atoms with Gasteiger partial charge >= 0.3 is 0 Å². The van der Waals surface area contributed by atoms with Gasteiger partial charge in [-0.1, -0.05) is 41.5 Å². The van der Waals surface area contributed by atoms with Gasteiger partial charge in [-0.3, -0.25) is 0 Å². The summed E-state index contributed by atoms with van der Waals surface area (Å²) in [6.45, 7) is 15.2. The second-order valence-corrected chi connectivity index (χ2v) is 7.77. The summed E-state index contributed by atoms with van der Waals surface area (Å²) in [5.74, 6) is 0. The van der Waals surface area contributed by atoms with E-state index in [1.54, 1.807) is 0 Å². The molecule has 0 aromatic rings. The summed E-state index contributed by atoms with van der Waals surface area (Å²) in [4.78, 5) is 0. The number of rotatable bonds is 1. The van der Waals surface area contributed by atoms with Gasteiger partial charge in [0.15, 0.2) is 0 Å². The lowest BCUT2D eigenvalue weighted by Gasteiger charge is -2.31. The summed E-state index contributed by atoms with van der Waals surface area (Å²) in [6.07, 6.45) is 0. The van der Waals surface area contributed by atoms with Crippen molar-refractivity contribution in [3.63, 3.8) is 0 Å². The molecule has 0 aliphatic rings. The summed E-state index contributed by atoms with van der Waals surface area (Å²) in [5, 5.41) is 0. The number of quaternary nitrogens is 1. The Morgan fingerprint density at radius 2 is 1.06 bits per heavy atom. The molecule has 0 aromatic carbocycles. The van der Waals surface area contributed by atoms with Gasteiger partial charge in [0.1, 0.15) is 0 Å². The molecule has 0 rings (SSSR count). The molecule has 16 heavy (non-hydrogen) atoms. The average molecular weight is 236 g/mol. The molecule has 0 fully saturated rings. The number of hydrogen-bond donors (Lipinski definition) is 1. The van der Waals surface area contributed by atoms with Crippen molar-refractivity contribution < 1.29 is 9.19 Å². The van der Waals surface area contributed by atoms with Crippen molar-refractivity contribution in [3.8, 4) is 0 Å². The number of nitrogens with zero attached hydrogens (tertiary/aromatic N) is 1. The highest BCUT2D eigenvalue weighted by Gasteiger charge is 2.19. The van der Waals surface area contributed by atoms with Crippen LogP contribution < -0.4 is 10.4 Å². The monoisotopic (exact) mass is 236 g/mol. The molecule has 2 nitrogen and oxygen atoms in total. The summed E-state index contributed by atoms with van der Waals surface area (Å²) in [6, 6.07) is 0. The van der Waals surface area contributed by atoms with Crippen molar-refractivity contribution in [2.45, 2.75) is 41.5 Å². The third kappa shape index (κ3) is 29.2. The Morgan fingerprint density at radius 1 is 0.812 bits per heavy atom. The molecular formula is C13H33FN2. The van der Waals surface area contributed by atoms with Crippen LogP contribution in [-0.4, -0.2) is 38.7 Å². The van der Waals surface area contributed by atoms with E-state index < -0.39 is 0 Å². The molecule has 0 atom stereocenters. The first-order valence-electron chi connectivity index (χ1n) is 5.77. The highest BCUT2D eigenvalue weighted by molar-refractivity contribution is 4.59. The van der Waals surface area contributed by atoms with Crippen molar-refractivity contribution in [1.82, 2.24) is 0 Å². The molecule has 0 aliphatic carbocycles. The molecule has 0 spiro atoms. The molecule has 0 radical (unpaired) electrons. The van der Waals surface area contributed by atoms with E-state index in [1.807, 2.05) is 0 Å². The molecule has 0 saturated carbocycles. The summed E-state index contributed by atoms with van der Waals surface area (Å²) < 4.78 is 1.06. The predicted octanol–water partition coefficient (Wildman–Crippen LogP) is -0.266. The minimum Gasteiger partial charge on any atom is -1.00 e. The third-order valence-electron chi connectivity index (χ3n) is 1.56. The van der Waals surface area contributed by atoms with Crippen LogP contribution >= 0.6 is 0 Å². The lowest BCUT2D eigenvalue weighted by atomic mass is 9.96. The van der Waals surface area contributed by atoms with Gasteiger partial charge in [-0.15, -0.1) is 0 Å². The van der Waals surface area contributed by atoms with Gasteiger partial charge in [0.2, 0.25) is 0 Å². The summed E-state index contributed by atoms with van der Waals surface area (Å²) in [7, 11) is 6.68. The van der Waals surface area contributed by atoms with Gasteiger partial charge in [0.25, 0.3) is 0 Å². The van der Waals surface area contributed by atoms with Gasteiger partial charge in [-0.2, -0.15) is 0 Å². The Bertz CT molecular complexity index is 146. The summed E-state index contributed by atoms with van der Waals surface area (Å²) >= 11 is 0. The van der Waals surface area contributed by atoms with E-state index >= 15 is 0 Å². The maximum atomic E-state index is 5.31. The van der Waals surface area contributed by atoms with E-state index in [0.717, 1.165) is 11.0 Å². The minimum absolute atomic E-state index is 0. The second kappa shape index (κ2) is 7.23. The van der Waals surface area contributed by atoms with Crippen molar-refractivity contribution in [2.24, 2.45) is 16.6 Å². The molecule has 0 saturated heterocycles. The Kier molecular flexibility index (Phi) is 9.56. The molecule has 0 bridgehead atoms. The standard InChI is InChI=1S/C8H20N.C5H13N.FH/c1-8(2,3)7-9(4,5)6;1-5(2,3)4-6;/h7H2,1-6H3;4,6H2,1-3H3;1H/q+1;;/p-1. The lowest BCUT2D eigenvalue weighted by molar-refractivity contribution is -0.876. The van der Waals surface area contributed by atoms with Crippen LogP contribution in [0.4, 0.5) is 0 Å². The highest BCUT2D eigenvalue weighted by Crippen LogP contribution is 2.15. The molecule has 0 aliphatic heterocycles. The van der Waals surface area contributed by atoms with Crippen LogP contribution in [0.1, 0.15) is 41.5 Å². The van der Waals surface area contributed by atoms with Crippen molar-refractivity contribution >= 4 is 0 Å². The molecule has 0 aromatic heterocycles. The predicted molar refractivity (Wildman–Crippen MR) is 70.9 cm³/mol. The zero-order valence-corrected chi connectivity index (χ0v) is 12.8. The van der Waals surface area contributed by atoms with Gasteiger partial charge in [0.05, 0.1) is 27.7 Å². The number of hydrogen-bond acceptors (Lipinski definition) is 1. The van der Waals surface area contributed by atoms with E-state index in [2.05, 4.69) is 62.7 Å². The minimum atomic E-state index is 0. The maximum absolute atomic E-state index is 5.31. The van der Waals surface area contributed by atoms with Crippen LogP contribution in [-0.2, 0) is 0 Å². The molecule has 3 heteroatoms. The SMILES string of the molecule is CC(C)(C)CN.CC(C)(C)C[N+](C)(C)C.[F-]. The third-order valence-corrected chi connectivity index (χ3v) is 1.56. The van der Waals surface area contributed by atoms with Crippen LogP contribution in [0.3, 0.4) is 0 Å². The topological polar surface area (TPSA) is 26.0 Å². The fraction of sp³-hybridized carbons (Fsp3) is 1.00. The quantitative estimate of drug-likeness (QED) is 0.624. The normalized spacial score (nSPS) is 12.4. The van der Waals surface area contributed by atoms with Crippen molar-refractivity contribution in [3.05, 3.63) is 0 Å². The van der Waals surface area contributed by atoms with Gasteiger partial charge in [-0.05, 0) is 12.0 Å². The fourth-order valence-corrected chi connectivity index (χ4v) is 1.42. The first-order valence-corrected chi connectivity index (χ1v) is 5.77.